The number of carbonyl (C=O) groups excluding carboxylic acids is 1. The molecular formula is C31H26N8O. The number of benzene rings is 1. The Labute approximate surface area is 230 Å². The number of hydrogen-bond donors (Lipinski definition) is 2. The summed E-state index contributed by atoms with van der Waals surface area (Å²) in [7, 11) is 1.88. The van der Waals surface area contributed by atoms with Crippen LogP contribution in [0.25, 0.3) is 33.2 Å². The number of aryl methyl sites for hydroxylation is 2. The van der Waals surface area contributed by atoms with Gasteiger partial charge in [0.1, 0.15) is 16.9 Å². The number of aromatic nitrogens is 6. The van der Waals surface area contributed by atoms with E-state index in [1.807, 2.05) is 37.5 Å². The SMILES string of the molecule is CCc1cc2nccc(C#Cc3cnn(C)c3)c2nc1-c1ccccc1.NC(=O)c1c(N)ncc2cccnc12. The molecule has 5 heterocycles. The standard InChI is InChI=1S/C22H18N4.C9H8N4O/c1-3-17-13-20-22(25-21(17)18-7-5-4-6-8-18)19(11-12-23-20)10-9-16-14-24-26(2)15-16;10-8-6(9(11)14)7-5(4-13-8)2-1-3-12-7/h4-8,11-15H,3H2,1-2H3;1-4H,(H2,10,13)(H2,11,14). The van der Waals surface area contributed by atoms with Gasteiger partial charge in [0.2, 0.25) is 0 Å². The molecule has 6 aromatic rings. The highest BCUT2D eigenvalue weighted by Gasteiger charge is 2.13. The molecule has 0 bridgehead atoms. The number of fused-ring (bicyclic) bond motifs is 2. The molecule has 0 spiro atoms. The number of rotatable bonds is 3. The maximum Gasteiger partial charge on any atom is 0.254 e. The largest absolute Gasteiger partial charge is 0.383 e. The highest BCUT2D eigenvalue weighted by Crippen LogP contribution is 2.26. The summed E-state index contributed by atoms with van der Waals surface area (Å²) in [5.41, 5.74) is 18.2. The van der Waals surface area contributed by atoms with Crippen LogP contribution < -0.4 is 11.5 Å². The van der Waals surface area contributed by atoms with Gasteiger partial charge in [-0.1, -0.05) is 49.1 Å². The summed E-state index contributed by atoms with van der Waals surface area (Å²) in [5.74, 6) is 5.89. The Balaban J connectivity index is 0.000000194. The van der Waals surface area contributed by atoms with E-state index in [2.05, 4.69) is 57.0 Å². The van der Waals surface area contributed by atoms with Crippen LogP contribution >= 0.6 is 0 Å². The van der Waals surface area contributed by atoms with Crippen molar-refractivity contribution in [1.29, 1.82) is 0 Å². The second-order valence-electron chi connectivity index (χ2n) is 8.92. The average molecular weight is 527 g/mol. The molecular weight excluding hydrogens is 500 g/mol. The summed E-state index contributed by atoms with van der Waals surface area (Å²) in [4.78, 5) is 28.5. The molecule has 0 aliphatic carbocycles. The number of nitrogens with zero attached hydrogens (tertiary/aromatic N) is 6. The molecule has 0 unspecified atom stereocenters. The summed E-state index contributed by atoms with van der Waals surface area (Å²) < 4.78 is 1.74. The molecule has 196 valence electrons. The fourth-order valence-electron chi connectivity index (χ4n) is 4.25. The van der Waals surface area contributed by atoms with Crippen LogP contribution in [0, 0.1) is 11.8 Å². The van der Waals surface area contributed by atoms with Gasteiger partial charge < -0.3 is 11.5 Å². The quantitative estimate of drug-likeness (QED) is 0.328. The van der Waals surface area contributed by atoms with Gasteiger partial charge >= 0.3 is 0 Å². The molecule has 6 rings (SSSR count). The van der Waals surface area contributed by atoms with Crippen LogP contribution in [0.2, 0.25) is 0 Å². The van der Waals surface area contributed by atoms with Crippen LogP contribution in [0.15, 0.2) is 85.6 Å². The normalized spacial score (nSPS) is 10.4. The highest BCUT2D eigenvalue weighted by molar-refractivity contribution is 6.08. The zero-order valence-electron chi connectivity index (χ0n) is 22.0. The van der Waals surface area contributed by atoms with Crippen molar-refractivity contribution in [3.8, 4) is 23.1 Å². The van der Waals surface area contributed by atoms with Crippen molar-refractivity contribution in [2.45, 2.75) is 13.3 Å². The van der Waals surface area contributed by atoms with Gasteiger partial charge in [-0.05, 0) is 36.2 Å². The Bertz CT molecular complexity index is 1900. The van der Waals surface area contributed by atoms with E-state index in [9.17, 15) is 4.79 Å². The minimum atomic E-state index is -0.612. The number of primary amides is 1. The number of anilines is 1. The Morgan fingerprint density at radius 1 is 0.950 bits per heavy atom. The smallest absolute Gasteiger partial charge is 0.254 e. The zero-order valence-corrected chi connectivity index (χ0v) is 22.0. The van der Waals surface area contributed by atoms with Gasteiger partial charge in [0.05, 0.1) is 34.1 Å². The summed E-state index contributed by atoms with van der Waals surface area (Å²) in [5, 5.41) is 4.90. The molecule has 40 heavy (non-hydrogen) atoms. The van der Waals surface area contributed by atoms with E-state index in [-0.39, 0.29) is 11.4 Å². The van der Waals surface area contributed by atoms with E-state index in [0.717, 1.165) is 45.2 Å². The molecule has 0 aliphatic heterocycles. The van der Waals surface area contributed by atoms with Crippen LogP contribution in [0.4, 0.5) is 5.82 Å². The lowest BCUT2D eigenvalue weighted by atomic mass is 10.0. The predicted octanol–water partition coefficient (Wildman–Crippen LogP) is 4.30. The van der Waals surface area contributed by atoms with E-state index < -0.39 is 5.91 Å². The fourth-order valence-corrected chi connectivity index (χ4v) is 4.25. The van der Waals surface area contributed by atoms with Gasteiger partial charge in [-0.3, -0.25) is 19.4 Å². The topological polar surface area (TPSA) is 138 Å². The molecule has 1 aromatic carbocycles. The third-order valence-corrected chi connectivity index (χ3v) is 6.19. The van der Waals surface area contributed by atoms with Gasteiger partial charge in [0.15, 0.2) is 0 Å². The van der Waals surface area contributed by atoms with Crippen molar-refractivity contribution in [2.24, 2.45) is 12.8 Å². The molecule has 9 nitrogen and oxygen atoms in total. The fraction of sp³-hybridized carbons (Fsp3) is 0.0968. The van der Waals surface area contributed by atoms with E-state index in [1.165, 1.54) is 5.56 Å². The first-order valence-electron chi connectivity index (χ1n) is 12.6. The van der Waals surface area contributed by atoms with Crippen LogP contribution in [0.5, 0.6) is 0 Å². The van der Waals surface area contributed by atoms with Crippen LogP contribution in [0.3, 0.4) is 0 Å². The van der Waals surface area contributed by atoms with Crippen molar-refractivity contribution >= 4 is 33.7 Å². The molecule has 5 aromatic heterocycles. The molecule has 4 N–H and O–H groups in total. The van der Waals surface area contributed by atoms with Gasteiger partial charge in [-0.2, -0.15) is 5.10 Å². The van der Waals surface area contributed by atoms with E-state index in [0.29, 0.717) is 5.52 Å². The third kappa shape index (κ3) is 5.47. The Morgan fingerprint density at radius 2 is 1.77 bits per heavy atom. The summed E-state index contributed by atoms with van der Waals surface area (Å²) in [6.07, 6.45) is 9.49. The molecule has 0 saturated heterocycles. The van der Waals surface area contributed by atoms with Crippen molar-refractivity contribution < 1.29 is 4.79 Å². The van der Waals surface area contributed by atoms with E-state index in [1.54, 1.807) is 41.6 Å². The Hall–Kier alpha value is -5.62. The first kappa shape index (κ1) is 26.0. The van der Waals surface area contributed by atoms with Crippen molar-refractivity contribution in [3.05, 3.63) is 108 Å². The average Bonchev–Trinajstić information content (AvgIpc) is 3.40. The van der Waals surface area contributed by atoms with Crippen LogP contribution in [-0.4, -0.2) is 35.6 Å². The van der Waals surface area contributed by atoms with Crippen LogP contribution in [0.1, 0.15) is 34.0 Å². The lowest BCUT2D eigenvalue weighted by molar-refractivity contribution is 0.100. The van der Waals surface area contributed by atoms with Crippen molar-refractivity contribution in [2.75, 3.05) is 5.73 Å². The minimum absolute atomic E-state index is 0.115. The minimum Gasteiger partial charge on any atom is -0.383 e. The van der Waals surface area contributed by atoms with Crippen molar-refractivity contribution in [1.82, 2.24) is 29.7 Å². The lowest BCUT2D eigenvalue weighted by Crippen LogP contribution is -2.15. The second-order valence-corrected chi connectivity index (χ2v) is 8.92. The Kier molecular flexibility index (Phi) is 7.42. The number of nitrogen functional groups attached to an aromatic ring is 1. The molecule has 0 radical (unpaired) electrons. The zero-order chi connectivity index (χ0) is 28.1. The number of carbonyl (C=O) groups is 1. The maximum atomic E-state index is 11.1. The molecule has 0 saturated carbocycles. The second kappa shape index (κ2) is 11.4. The number of nitrogens with two attached hydrogens (primary N) is 2. The van der Waals surface area contributed by atoms with Gasteiger partial charge in [-0.15, -0.1) is 0 Å². The monoisotopic (exact) mass is 526 g/mol. The first-order chi connectivity index (χ1) is 19.4. The highest BCUT2D eigenvalue weighted by atomic mass is 16.1. The molecule has 9 heteroatoms. The van der Waals surface area contributed by atoms with Crippen molar-refractivity contribution in [3.63, 3.8) is 0 Å². The number of amides is 1. The maximum absolute atomic E-state index is 11.1. The summed E-state index contributed by atoms with van der Waals surface area (Å²) in [6.45, 7) is 2.14. The third-order valence-electron chi connectivity index (χ3n) is 6.19. The molecule has 0 atom stereocenters. The summed E-state index contributed by atoms with van der Waals surface area (Å²) >= 11 is 0. The lowest BCUT2D eigenvalue weighted by Gasteiger charge is -2.10. The van der Waals surface area contributed by atoms with E-state index >= 15 is 0 Å². The van der Waals surface area contributed by atoms with Gasteiger partial charge in [0, 0.05) is 42.8 Å². The molecule has 0 fully saturated rings. The first-order valence-corrected chi connectivity index (χ1v) is 12.6. The van der Waals surface area contributed by atoms with Gasteiger partial charge in [0.25, 0.3) is 5.91 Å². The predicted molar refractivity (Wildman–Crippen MR) is 156 cm³/mol. The Morgan fingerprint density at radius 3 is 2.50 bits per heavy atom. The molecule has 0 aliphatic rings. The number of hydrogen-bond acceptors (Lipinski definition) is 7. The van der Waals surface area contributed by atoms with E-state index in [4.69, 9.17) is 16.5 Å². The number of pyridine rings is 4. The van der Waals surface area contributed by atoms with Gasteiger partial charge in [-0.25, -0.2) is 9.97 Å². The summed E-state index contributed by atoms with van der Waals surface area (Å²) in [6, 6.07) is 17.9. The van der Waals surface area contributed by atoms with Crippen LogP contribution in [-0.2, 0) is 13.5 Å². The molecule has 1 amide bonds.